The second-order valence-electron chi connectivity index (χ2n) is 4.53. The molecule has 0 bridgehead atoms. The van der Waals surface area contributed by atoms with Gasteiger partial charge in [0.25, 0.3) is 0 Å². The molecule has 1 nitrogen and oxygen atoms in total. The van der Waals surface area contributed by atoms with Crippen LogP contribution in [0.25, 0.3) is 11.1 Å². The van der Waals surface area contributed by atoms with Gasteiger partial charge in [0.1, 0.15) is 5.78 Å². The van der Waals surface area contributed by atoms with E-state index in [0.717, 1.165) is 12.0 Å². The van der Waals surface area contributed by atoms with Crippen molar-refractivity contribution in [1.29, 1.82) is 0 Å². The Hall–Kier alpha value is -1.89. The lowest BCUT2D eigenvalue weighted by Gasteiger charge is -2.04. The summed E-state index contributed by atoms with van der Waals surface area (Å²) in [4.78, 5) is 11.6. The van der Waals surface area contributed by atoms with Gasteiger partial charge in [0.2, 0.25) is 0 Å². The van der Waals surface area contributed by atoms with Gasteiger partial charge in [-0.3, -0.25) is 4.79 Å². The number of benzene rings is 2. The standard InChI is InChI=1S/C17H18O/c1-2-6-17(18)13-14-9-11-16(12-10-14)15-7-4-3-5-8-15/h3-5,7-12H,2,6,13H2,1H3. The van der Waals surface area contributed by atoms with Gasteiger partial charge in [0, 0.05) is 12.8 Å². The number of Topliss-reactive ketones (excluding diaryl/α,β-unsaturated/α-hetero) is 1. The smallest absolute Gasteiger partial charge is 0.137 e. The fourth-order valence-corrected chi connectivity index (χ4v) is 2.04. The maximum absolute atomic E-state index is 11.6. The van der Waals surface area contributed by atoms with Crippen LogP contribution in [0.4, 0.5) is 0 Å². The van der Waals surface area contributed by atoms with Gasteiger partial charge in [0.05, 0.1) is 0 Å². The molecule has 0 fully saturated rings. The van der Waals surface area contributed by atoms with Crippen molar-refractivity contribution >= 4 is 5.78 Å². The topological polar surface area (TPSA) is 17.1 Å². The predicted octanol–water partition coefficient (Wildman–Crippen LogP) is 4.27. The molecule has 0 aromatic heterocycles. The van der Waals surface area contributed by atoms with Gasteiger partial charge in [-0.05, 0) is 23.1 Å². The zero-order chi connectivity index (χ0) is 12.8. The summed E-state index contributed by atoms with van der Waals surface area (Å²) in [6.07, 6.45) is 2.17. The SMILES string of the molecule is CCCC(=O)Cc1ccc(-c2ccccc2)cc1. The van der Waals surface area contributed by atoms with Crippen molar-refractivity contribution in [3.8, 4) is 11.1 Å². The average Bonchev–Trinajstić information content (AvgIpc) is 2.41. The van der Waals surface area contributed by atoms with Crippen LogP contribution in [0.1, 0.15) is 25.3 Å². The van der Waals surface area contributed by atoms with Crippen LogP contribution in [0.5, 0.6) is 0 Å². The quantitative estimate of drug-likeness (QED) is 0.760. The number of hydrogen-bond acceptors (Lipinski definition) is 1. The summed E-state index contributed by atoms with van der Waals surface area (Å²) in [7, 11) is 0. The highest BCUT2D eigenvalue weighted by Gasteiger charge is 2.03. The lowest BCUT2D eigenvalue weighted by atomic mass is 10.0. The normalized spacial score (nSPS) is 10.3. The number of rotatable bonds is 5. The first kappa shape index (κ1) is 12.6. The molecule has 0 amide bonds. The summed E-state index contributed by atoms with van der Waals surface area (Å²) in [5.41, 5.74) is 3.51. The molecule has 0 saturated carbocycles. The highest BCUT2D eigenvalue weighted by Crippen LogP contribution is 2.19. The van der Waals surface area contributed by atoms with Crippen LogP contribution in [0.3, 0.4) is 0 Å². The Bertz CT molecular complexity index is 497. The zero-order valence-electron chi connectivity index (χ0n) is 10.7. The van der Waals surface area contributed by atoms with Gasteiger partial charge in [-0.25, -0.2) is 0 Å². The third-order valence-electron chi connectivity index (χ3n) is 2.99. The summed E-state index contributed by atoms with van der Waals surface area (Å²) in [6, 6.07) is 18.6. The van der Waals surface area contributed by atoms with E-state index in [1.807, 2.05) is 25.1 Å². The molecular weight excluding hydrogens is 220 g/mol. The first-order chi connectivity index (χ1) is 8.79. The van der Waals surface area contributed by atoms with E-state index in [9.17, 15) is 4.79 Å². The minimum absolute atomic E-state index is 0.324. The van der Waals surface area contributed by atoms with Crippen molar-refractivity contribution in [2.24, 2.45) is 0 Å². The van der Waals surface area contributed by atoms with E-state index in [4.69, 9.17) is 0 Å². The molecule has 0 spiro atoms. The minimum atomic E-state index is 0.324. The van der Waals surface area contributed by atoms with Crippen molar-refractivity contribution in [3.05, 3.63) is 60.2 Å². The van der Waals surface area contributed by atoms with E-state index in [1.54, 1.807) is 0 Å². The maximum Gasteiger partial charge on any atom is 0.137 e. The molecule has 2 rings (SSSR count). The lowest BCUT2D eigenvalue weighted by molar-refractivity contribution is -0.118. The molecule has 0 saturated heterocycles. The van der Waals surface area contributed by atoms with Crippen LogP contribution >= 0.6 is 0 Å². The van der Waals surface area contributed by atoms with E-state index in [1.165, 1.54) is 11.1 Å². The summed E-state index contributed by atoms with van der Waals surface area (Å²) in [5, 5.41) is 0. The Morgan fingerprint density at radius 2 is 1.50 bits per heavy atom. The molecule has 18 heavy (non-hydrogen) atoms. The van der Waals surface area contributed by atoms with Crippen LogP contribution in [0.15, 0.2) is 54.6 Å². The van der Waals surface area contributed by atoms with Crippen molar-refractivity contribution in [2.75, 3.05) is 0 Å². The van der Waals surface area contributed by atoms with E-state index >= 15 is 0 Å². The van der Waals surface area contributed by atoms with E-state index in [-0.39, 0.29) is 0 Å². The number of hydrogen-bond donors (Lipinski definition) is 0. The minimum Gasteiger partial charge on any atom is -0.299 e. The largest absolute Gasteiger partial charge is 0.299 e. The fraction of sp³-hybridized carbons (Fsp3) is 0.235. The van der Waals surface area contributed by atoms with Gasteiger partial charge in [0.15, 0.2) is 0 Å². The second kappa shape index (κ2) is 6.15. The van der Waals surface area contributed by atoms with Crippen LogP contribution < -0.4 is 0 Å². The molecule has 0 N–H and O–H groups in total. The molecule has 1 heteroatoms. The first-order valence-electron chi connectivity index (χ1n) is 6.45. The average molecular weight is 238 g/mol. The summed E-state index contributed by atoms with van der Waals surface area (Å²) >= 11 is 0. The van der Waals surface area contributed by atoms with Gasteiger partial charge < -0.3 is 0 Å². The second-order valence-corrected chi connectivity index (χ2v) is 4.53. The highest BCUT2D eigenvalue weighted by atomic mass is 16.1. The van der Waals surface area contributed by atoms with Crippen LogP contribution in [-0.2, 0) is 11.2 Å². The molecule has 92 valence electrons. The Labute approximate surface area is 108 Å². The zero-order valence-corrected chi connectivity index (χ0v) is 10.7. The van der Waals surface area contributed by atoms with Crippen LogP contribution in [0.2, 0.25) is 0 Å². The molecule has 0 aliphatic carbocycles. The Balaban J connectivity index is 2.09. The van der Waals surface area contributed by atoms with E-state index in [2.05, 4.69) is 36.4 Å². The lowest BCUT2D eigenvalue weighted by Crippen LogP contribution is -2.01. The highest BCUT2D eigenvalue weighted by molar-refractivity contribution is 5.81. The monoisotopic (exact) mass is 238 g/mol. The van der Waals surface area contributed by atoms with Crippen molar-refractivity contribution < 1.29 is 4.79 Å². The van der Waals surface area contributed by atoms with Gasteiger partial charge in [-0.15, -0.1) is 0 Å². The molecule has 0 heterocycles. The molecule has 2 aromatic rings. The van der Waals surface area contributed by atoms with E-state index < -0.39 is 0 Å². The van der Waals surface area contributed by atoms with Gasteiger partial charge in [-0.2, -0.15) is 0 Å². The Morgan fingerprint density at radius 1 is 0.889 bits per heavy atom. The third-order valence-corrected chi connectivity index (χ3v) is 2.99. The van der Waals surface area contributed by atoms with E-state index in [0.29, 0.717) is 18.6 Å². The number of carbonyl (C=O) groups excluding carboxylic acids is 1. The maximum atomic E-state index is 11.6. The van der Waals surface area contributed by atoms with Crippen LogP contribution in [0, 0.1) is 0 Å². The predicted molar refractivity (Wildman–Crippen MR) is 75.5 cm³/mol. The first-order valence-corrected chi connectivity index (χ1v) is 6.45. The summed E-state index contributed by atoms with van der Waals surface area (Å²) < 4.78 is 0. The van der Waals surface area contributed by atoms with Crippen molar-refractivity contribution in [1.82, 2.24) is 0 Å². The van der Waals surface area contributed by atoms with Gasteiger partial charge in [-0.1, -0.05) is 61.5 Å². The van der Waals surface area contributed by atoms with Crippen molar-refractivity contribution in [2.45, 2.75) is 26.2 Å². The molecule has 2 aromatic carbocycles. The van der Waals surface area contributed by atoms with Crippen molar-refractivity contribution in [3.63, 3.8) is 0 Å². The fourth-order valence-electron chi connectivity index (χ4n) is 2.04. The Kier molecular flexibility index (Phi) is 4.30. The molecule has 0 radical (unpaired) electrons. The molecular formula is C17H18O. The molecule has 0 unspecified atom stereocenters. The Morgan fingerprint density at radius 3 is 2.11 bits per heavy atom. The summed E-state index contributed by atoms with van der Waals surface area (Å²) in [5.74, 6) is 0.324. The van der Waals surface area contributed by atoms with Gasteiger partial charge >= 0.3 is 0 Å². The molecule has 0 atom stereocenters. The molecule has 0 aliphatic heterocycles. The number of carbonyl (C=O) groups is 1. The summed E-state index contributed by atoms with van der Waals surface area (Å²) in [6.45, 7) is 2.04. The molecule has 0 aliphatic rings. The third kappa shape index (κ3) is 3.30. The number of ketones is 1. The van der Waals surface area contributed by atoms with Crippen LogP contribution in [-0.4, -0.2) is 5.78 Å².